The highest BCUT2D eigenvalue weighted by Gasteiger charge is 2.31. The van der Waals surface area contributed by atoms with Crippen LogP contribution in [0, 0.1) is 0 Å². The normalized spacial score (nSPS) is 11.4. The summed E-state index contributed by atoms with van der Waals surface area (Å²) in [5, 5.41) is 2.85. The minimum absolute atomic E-state index is 0.0255. The Hall–Kier alpha value is -2.24. The second-order valence-electron chi connectivity index (χ2n) is 4.33. The van der Waals surface area contributed by atoms with E-state index in [2.05, 4.69) is 10.3 Å². The van der Waals surface area contributed by atoms with Crippen molar-refractivity contribution in [3.05, 3.63) is 47.7 Å². The Kier molecular flexibility index (Phi) is 3.83. The minimum atomic E-state index is -4.44. The van der Waals surface area contributed by atoms with Crippen molar-refractivity contribution in [2.45, 2.75) is 19.5 Å². The summed E-state index contributed by atoms with van der Waals surface area (Å²) in [5.41, 5.74) is 6.71. The Morgan fingerprint density at radius 3 is 2.40 bits per heavy atom. The topological polar surface area (TPSA) is 50.9 Å². The number of nitrogens with zero attached hydrogens (tertiary/aromatic N) is 1. The maximum absolute atomic E-state index is 12.6. The van der Waals surface area contributed by atoms with Crippen molar-refractivity contribution in [2.24, 2.45) is 0 Å². The minimum Gasteiger partial charge on any atom is -0.382 e. The number of aryl methyl sites for hydroxylation is 1. The van der Waals surface area contributed by atoms with E-state index in [0.29, 0.717) is 5.69 Å². The number of rotatable bonds is 3. The lowest BCUT2D eigenvalue weighted by atomic mass is 10.1. The molecule has 3 nitrogen and oxygen atoms in total. The quantitative estimate of drug-likeness (QED) is 0.894. The number of pyridine rings is 1. The molecule has 0 atom stereocenters. The maximum Gasteiger partial charge on any atom is 0.417 e. The summed E-state index contributed by atoms with van der Waals surface area (Å²) >= 11 is 0. The highest BCUT2D eigenvalue weighted by Crippen LogP contribution is 2.32. The van der Waals surface area contributed by atoms with E-state index in [1.54, 1.807) is 12.1 Å². The lowest BCUT2D eigenvalue weighted by Gasteiger charge is -2.12. The van der Waals surface area contributed by atoms with Crippen LogP contribution in [0.5, 0.6) is 0 Å². The van der Waals surface area contributed by atoms with Gasteiger partial charge in [-0.3, -0.25) is 0 Å². The molecular weight excluding hydrogens is 267 g/mol. The number of aromatic nitrogens is 1. The summed E-state index contributed by atoms with van der Waals surface area (Å²) in [6, 6.07) is 8.34. The number of benzene rings is 1. The second kappa shape index (κ2) is 5.40. The molecule has 0 amide bonds. The van der Waals surface area contributed by atoms with E-state index in [9.17, 15) is 13.2 Å². The first-order chi connectivity index (χ1) is 9.40. The van der Waals surface area contributed by atoms with Crippen LogP contribution in [0.1, 0.15) is 18.1 Å². The molecule has 2 aromatic rings. The van der Waals surface area contributed by atoms with Crippen LogP contribution >= 0.6 is 0 Å². The van der Waals surface area contributed by atoms with Gasteiger partial charge in [-0.2, -0.15) is 13.2 Å². The molecule has 6 heteroatoms. The molecule has 0 saturated heterocycles. The number of anilines is 3. The summed E-state index contributed by atoms with van der Waals surface area (Å²) in [6.07, 6.45) is -2.82. The fourth-order valence-electron chi connectivity index (χ4n) is 1.71. The summed E-state index contributed by atoms with van der Waals surface area (Å²) in [7, 11) is 0. The number of halogens is 3. The molecule has 0 spiro atoms. The van der Waals surface area contributed by atoms with Gasteiger partial charge in [0.1, 0.15) is 5.82 Å². The van der Waals surface area contributed by atoms with Crippen LogP contribution in [0.25, 0.3) is 0 Å². The number of alkyl halides is 3. The molecule has 20 heavy (non-hydrogen) atoms. The van der Waals surface area contributed by atoms with E-state index >= 15 is 0 Å². The van der Waals surface area contributed by atoms with Gasteiger partial charge >= 0.3 is 6.18 Å². The van der Waals surface area contributed by atoms with Gasteiger partial charge in [-0.1, -0.05) is 19.1 Å². The standard InChI is InChI=1S/C14H14F3N3/c1-2-9-3-5-11(6-4-9)20-12-7-10(14(15,16)17)8-19-13(12)18/h3-8,20H,2H2,1H3,(H2,18,19). The highest BCUT2D eigenvalue weighted by atomic mass is 19.4. The molecule has 0 aliphatic carbocycles. The van der Waals surface area contributed by atoms with Crippen molar-refractivity contribution in [3.8, 4) is 0 Å². The molecule has 0 fully saturated rings. The van der Waals surface area contributed by atoms with Gasteiger partial charge < -0.3 is 11.1 Å². The molecule has 1 heterocycles. The summed E-state index contributed by atoms with van der Waals surface area (Å²) in [4.78, 5) is 3.57. The molecule has 0 saturated carbocycles. The number of nitrogen functional groups attached to an aromatic ring is 1. The van der Waals surface area contributed by atoms with Crippen molar-refractivity contribution in [2.75, 3.05) is 11.1 Å². The van der Waals surface area contributed by atoms with E-state index in [-0.39, 0.29) is 11.5 Å². The average molecular weight is 281 g/mol. The molecule has 1 aromatic carbocycles. The largest absolute Gasteiger partial charge is 0.417 e. The molecule has 3 N–H and O–H groups in total. The summed E-state index contributed by atoms with van der Waals surface area (Å²) in [6.45, 7) is 2.02. The van der Waals surface area contributed by atoms with Gasteiger partial charge in [-0.05, 0) is 30.2 Å². The Morgan fingerprint density at radius 1 is 1.20 bits per heavy atom. The Balaban J connectivity index is 2.27. The Labute approximate surface area is 114 Å². The van der Waals surface area contributed by atoms with Crippen LogP contribution in [0.3, 0.4) is 0 Å². The van der Waals surface area contributed by atoms with Gasteiger partial charge in [0.05, 0.1) is 11.3 Å². The Bertz CT molecular complexity index is 592. The van der Waals surface area contributed by atoms with Crippen LogP contribution in [0.2, 0.25) is 0 Å². The van der Waals surface area contributed by atoms with Gasteiger partial charge in [-0.15, -0.1) is 0 Å². The van der Waals surface area contributed by atoms with Crippen LogP contribution in [-0.2, 0) is 12.6 Å². The number of hydrogen-bond acceptors (Lipinski definition) is 3. The molecular formula is C14H14F3N3. The zero-order chi connectivity index (χ0) is 14.8. The Morgan fingerprint density at radius 2 is 1.85 bits per heavy atom. The summed E-state index contributed by atoms with van der Waals surface area (Å²) in [5.74, 6) is 0.0255. The maximum atomic E-state index is 12.6. The lowest BCUT2D eigenvalue weighted by Crippen LogP contribution is -2.08. The zero-order valence-corrected chi connectivity index (χ0v) is 10.8. The van der Waals surface area contributed by atoms with E-state index in [1.165, 1.54) is 0 Å². The molecule has 106 valence electrons. The average Bonchev–Trinajstić information content (AvgIpc) is 2.41. The third-order valence-corrected chi connectivity index (χ3v) is 2.89. The third kappa shape index (κ3) is 3.20. The third-order valence-electron chi connectivity index (χ3n) is 2.89. The van der Waals surface area contributed by atoms with E-state index < -0.39 is 11.7 Å². The highest BCUT2D eigenvalue weighted by molar-refractivity contribution is 5.70. The van der Waals surface area contributed by atoms with E-state index in [0.717, 1.165) is 24.2 Å². The second-order valence-corrected chi connectivity index (χ2v) is 4.33. The smallest absolute Gasteiger partial charge is 0.382 e. The fraction of sp³-hybridized carbons (Fsp3) is 0.214. The van der Waals surface area contributed by atoms with Crippen molar-refractivity contribution in [1.29, 1.82) is 0 Å². The van der Waals surface area contributed by atoms with Crippen molar-refractivity contribution >= 4 is 17.2 Å². The molecule has 0 aliphatic rings. The molecule has 0 unspecified atom stereocenters. The van der Waals surface area contributed by atoms with E-state index in [4.69, 9.17) is 5.73 Å². The van der Waals surface area contributed by atoms with Crippen LogP contribution in [0.15, 0.2) is 36.5 Å². The molecule has 2 rings (SSSR count). The van der Waals surface area contributed by atoms with Crippen LogP contribution in [0.4, 0.5) is 30.4 Å². The molecule has 0 aliphatic heterocycles. The van der Waals surface area contributed by atoms with Crippen molar-refractivity contribution in [1.82, 2.24) is 4.98 Å². The van der Waals surface area contributed by atoms with Crippen LogP contribution < -0.4 is 11.1 Å². The molecule has 0 radical (unpaired) electrons. The van der Waals surface area contributed by atoms with Gasteiger partial charge in [0.2, 0.25) is 0 Å². The van der Waals surface area contributed by atoms with E-state index in [1.807, 2.05) is 19.1 Å². The van der Waals surface area contributed by atoms with Crippen LogP contribution in [-0.4, -0.2) is 4.98 Å². The van der Waals surface area contributed by atoms with Crippen molar-refractivity contribution in [3.63, 3.8) is 0 Å². The van der Waals surface area contributed by atoms with Gasteiger partial charge in [0.25, 0.3) is 0 Å². The fourth-order valence-corrected chi connectivity index (χ4v) is 1.71. The SMILES string of the molecule is CCc1ccc(Nc2cc(C(F)(F)F)cnc2N)cc1. The monoisotopic (exact) mass is 281 g/mol. The zero-order valence-electron chi connectivity index (χ0n) is 10.8. The number of nitrogens with one attached hydrogen (secondary N) is 1. The lowest BCUT2D eigenvalue weighted by molar-refractivity contribution is -0.137. The first-order valence-corrected chi connectivity index (χ1v) is 6.09. The number of nitrogens with two attached hydrogens (primary N) is 1. The number of hydrogen-bond donors (Lipinski definition) is 2. The van der Waals surface area contributed by atoms with Gasteiger partial charge in [-0.25, -0.2) is 4.98 Å². The first-order valence-electron chi connectivity index (χ1n) is 6.09. The van der Waals surface area contributed by atoms with Gasteiger partial charge in [0, 0.05) is 11.9 Å². The molecule has 1 aromatic heterocycles. The first kappa shape index (κ1) is 14.2. The van der Waals surface area contributed by atoms with Gasteiger partial charge in [0.15, 0.2) is 0 Å². The predicted molar refractivity (Wildman–Crippen MR) is 72.8 cm³/mol. The predicted octanol–water partition coefficient (Wildman–Crippen LogP) is 3.99. The van der Waals surface area contributed by atoms with Crippen molar-refractivity contribution < 1.29 is 13.2 Å². The molecule has 0 bridgehead atoms. The summed E-state index contributed by atoms with van der Waals surface area (Å²) < 4.78 is 37.9.